The summed E-state index contributed by atoms with van der Waals surface area (Å²) in [5, 5.41) is 14.9. The van der Waals surface area contributed by atoms with Crippen LogP contribution in [-0.4, -0.2) is 53.5 Å². The molecule has 1 aromatic rings. The van der Waals surface area contributed by atoms with E-state index in [2.05, 4.69) is 10.6 Å². The minimum Gasteiger partial charge on any atom is -1.00 e. The third-order valence-corrected chi connectivity index (χ3v) is 6.29. The summed E-state index contributed by atoms with van der Waals surface area (Å²) in [7, 11) is 0. The number of nitrogens with one attached hydrogen (secondary N) is 2. The Morgan fingerprint density at radius 2 is 1.81 bits per heavy atom. The molecule has 0 unspecified atom stereocenters. The van der Waals surface area contributed by atoms with Gasteiger partial charge in [-0.1, -0.05) is 30.3 Å². The summed E-state index contributed by atoms with van der Waals surface area (Å²) < 4.78 is 0. The molecule has 1 aromatic carbocycles. The molecule has 174 valence electrons. The molecule has 2 amide bonds. The van der Waals surface area contributed by atoms with Crippen LogP contribution in [0.1, 0.15) is 37.7 Å². The monoisotopic (exact) mass is 470 g/mol. The van der Waals surface area contributed by atoms with Crippen molar-refractivity contribution in [2.24, 2.45) is 17.6 Å². The molecule has 2 atom stereocenters. The van der Waals surface area contributed by atoms with E-state index in [-0.39, 0.29) is 30.1 Å². The lowest BCUT2D eigenvalue weighted by atomic mass is 9.81. The first-order valence-electron chi connectivity index (χ1n) is 10.5. The van der Waals surface area contributed by atoms with E-state index in [1.54, 1.807) is 11.8 Å². The van der Waals surface area contributed by atoms with Gasteiger partial charge in [-0.3, -0.25) is 9.59 Å². The highest BCUT2D eigenvalue weighted by atomic mass is 35.5. The molecule has 0 spiro atoms. The summed E-state index contributed by atoms with van der Waals surface area (Å²) >= 11 is 1.56. The van der Waals surface area contributed by atoms with Gasteiger partial charge < -0.3 is 33.9 Å². The zero-order valence-electron chi connectivity index (χ0n) is 17.9. The van der Waals surface area contributed by atoms with Crippen LogP contribution in [-0.2, 0) is 20.8 Å². The Morgan fingerprint density at radius 1 is 1.16 bits per heavy atom. The van der Waals surface area contributed by atoms with Crippen LogP contribution < -0.4 is 28.8 Å². The molecule has 1 fully saturated rings. The molecule has 0 radical (unpaired) electrons. The molecule has 5 N–H and O–H groups in total. The van der Waals surface area contributed by atoms with Crippen molar-refractivity contribution in [1.82, 2.24) is 10.6 Å². The average Bonchev–Trinajstić information content (AvgIpc) is 2.75. The second kappa shape index (κ2) is 14.3. The third-order valence-electron chi connectivity index (χ3n) is 5.64. The fraction of sp³-hybridized carbons (Fsp3) is 0.591. The molecule has 0 saturated heterocycles. The minimum atomic E-state index is -0.986. The Balaban J connectivity index is 0.00000480. The van der Waals surface area contributed by atoms with Gasteiger partial charge in [0, 0.05) is 12.5 Å². The van der Waals surface area contributed by atoms with Crippen LogP contribution in [0.5, 0.6) is 0 Å². The van der Waals surface area contributed by atoms with Gasteiger partial charge in [0.1, 0.15) is 6.04 Å². The zero-order valence-corrected chi connectivity index (χ0v) is 19.5. The molecular formula is C22H33ClN3O4S-. The highest BCUT2D eigenvalue weighted by Crippen LogP contribution is 2.28. The van der Waals surface area contributed by atoms with E-state index in [0.717, 1.165) is 18.4 Å². The quantitative estimate of drug-likeness (QED) is 0.322. The molecule has 31 heavy (non-hydrogen) atoms. The summed E-state index contributed by atoms with van der Waals surface area (Å²) in [5.74, 6) is -0.466. The molecule has 2 rings (SSSR count). The van der Waals surface area contributed by atoms with Gasteiger partial charge in [-0.2, -0.15) is 11.8 Å². The Labute approximate surface area is 194 Å². The fourth-order valence-corrected chi connectivity index (χ4v) is 4.22. The maximum Gasteiger partial charge on any atom is 0.326 e. The molecule has 1 aliphatic rings. The second-order valence-corrected chi connectivity index (χ2v) is 8.93. The number of hydrogen-bond donors (Lipinski definition) is 4. The summed E-state index contributed by atoms with van der Waals surface area (Å²) in [6.07, 6.45) is 5.90. The summed E-state index contributed by atoms with van der Waals surface area (Å²) in [6, 6.07) is 8.28. The number of amides is 2. The van der Waals surface area contributed by atoms with Crippen LogP contribution in [0.4, 0.5) is 0 Å². The van der Waals surface area contributed by atoms with Crippen molar-refractivity contribution >= 4 is 29.5 Å². The van der Waals surface area contributed by atoms with E-state index >= 15 is 0 Å². The fourth-order valence-electron chi connectivity index (χ4n) is 3.75. The summed E-state index contributed by atoms with van der Waals surface area (Å²) in [4.78, 5) is 36.0. The Bertz CT molecular complexity index is 699. The van der Waals surface area contributed by atoms with Crippen LogP contribution in [0, 0.1) is 11.8 Å². The SMILES string of the molecule is CSCC[C@H](NC(=O)C1CCC(CNC(=O)[C@@H](N)Cc2ccccc2)CC1)C(=O)O.[Cl-]. The molecule has 0 heterocycles. The van der Waals surface area contributed by atoms with Gasteiger partial charge in [-0.05, 0) is 62.0 Å². The number of rotatable bonds is 11. The van der Waals surface area contributed by atoms with Gasteiger partial charge in [-0.15, -0.1) is 0 Å². The molecule has 7 nitrogen and oxygen atoms in total. The van der Waals surface area contributed by atoms with E-state index < -0.39 is 18.1 Å². The van der Waals surface area contributed by atoms with E-state index in [0.29, 0.717) is 43.9 Å². The lowest BCUT2D eigenvalue weighted by Crippen LogP contribution is -3.00. The van der Waals surface area contributed by atoms with Gasteiger partial charge in [0.2, 0.25) is 11.8 Å². The minimum absolute atomic E-state index is 0. The number of hydrogen-bond acceptors (Lipinski definition) is 5. The molecule has 0 aromatic heterocycles. The van der Waals surface area contributed by atoms with Crippen molar-refractivity contribution in [3.8, 4) is 0 Å². The van der Waals surface area contributed by atoms with Crippen molar-refractivity contribution in [3.63, 3.8) is 0 Å². The molecular weight excluding hydrogens is 438 g/mol. The number of benzene rings is 1. The first-order valence-corrected chi connectivity index (χ1v) is 11.9. The van der Waals surface area contributed by atoms with Gasteiger partial charge in [-0.25, -0.2) is 4.79 Å². The highest BCUT2D eigenvalue weighted by Gasteiger charge is 2.29. The number of carboxylic acid groups (broad SMARTS) is 1. The molecule has 1 saturated carbocycles. The summed E-state index contributed by atoms with van der Waals surface area (Å²) in [5.41, 5.74) is 7.05. The maximum absolute atomic E-state index is 12.4. The van der Waals surface area contributed by atoms with Crippen molar-refractivity contribution in [3.05, 3.63) is 35.9 Å². The predicted octanol–water partition coefficient (Wildman–Crippen LogP) is -1.19. The van der Waals surface area contributed by atoms with E-state index in [4.69, 9.17) is 5.73 Å². The number of halogens is 1. The van der Waals surface area contributed by atoms with Crippen molar-refractivity contribution < 1.29 is 31.9 Å². The average molecular weight is 471 g/mol. The second-order valence-electron chi connectivity index (χ2n) is 7.94. The number of carbonyl (C=O) groups excluding carboxylic acids is 2. The van der Waals surface area contributed by atoms with Crippen LogP contribution in [0.25, 0.3) is 0 Å². The van der Waals surface area contributed by atoms with Crippen LogP contribution in [0.2, 0.25) is 0 Å². The Hall–Kier alpha value is -1.77. The number of carboxylic acids is 1. The predicted molar refractivity (Wildman–Crippen MR) is 119 cm³/mol. The van der Waals surface area contributed by atoms with Crippen LogP contribution >= 0.6 is 11.8 Å². The zero-order chi connectivity index (χ0) is 21.9. The van der Waals surface area contributed by atoms with Crippen molar-refractivity contribution in [1.29, 1.82) is 0 Å². The van der Waals surface area contributed by atoms with Gasteiger partial charge >= 0.3 is 5.97 Å². The maximum atomic E-state index is 12.4. The number of carbonyl (C=O) groups is 3. The highest BCUT2D eigenvalue weighted by molar-refractivity contribution is 7.98. The Morgan fingerprint density at radius 3 is 2.39 bits per heavy atom. The van der Waals surface area contributed by atoms with E-state index in [1.807, 2.05) is 36.6 Å². The molecule has 0 aliphatic heterocycles. The number of thioether (sulfide) groups is 1. The molecule has 1 aliphatic carbocycles. The smallest absolute Gasteiger partial charge is 0.326 e. The number of nitrogens with two attached hydrogens (primary N) is 1. The first kappa shape index (κ1) is 27.3. The van der Waals surface area contributed by atoms with E-state index in [1.165, 1.54) is 0 Å². The first-order chi connectivity index (χ1) is 14.4. The summed E-state index contributed by atoms with van der Waals surface area (Å²) in [6.45, 7) is 0.557. The van der Waals surface area contributed by atoms with E-state index in [9.17, 15) is 19.5 Å². The third kappa shape index (κ3) is 9.49. The van der Waals surface area contributed by atoms with Gasteiger partial charge in [0.15, 0.2) is 0 Å². The van der Waals surface area contributed by atoms with Crippen molar-refractivity contribution in [2.75, 3.05) is 18.6 Å². The lowest BCUT2D eigenvalue weighted by molar-refractivity contribution is -0.142. The topological polar surface area (TPSA) is 122 Å². The van der Waals surface area contributed by atoms with Crippen LogP contribution in [0.3, 0.4) is 0 Å². The number of aliphatic carboxylic acids is 1. The van der Waals surface area contributed by atoms with Gasteiger partial charge in [0.25, 0.3) is 0 Å². The van der Waals surface area contributed by atoms with Crippen molar-refractivity contribution in [2.45, 2.75) is 50.6 Å². The largest absolute Gasteiger partial charge is 1.00 e. The van der Waals surface area contributed by atoms with Crippen LogP contribution in [0.15, 0.2) is 30.3 Å². The molecule has 0 bridgehead atoms. The molecule has 9 heteroatoms. The Kier molecular flexibility index (Phi) is 12.6. The van der Waals surface area contributed by atoms with Gasteiger partial charge in [0.05, 0.1) is 6.04 Å². The lowest BCUT2D eigenvalue weighted by Gasteiger charge is -2.29. The normalized spacial score (nSPS) is 20.1. The standard InChI is InChI=1S/C22H33N3O4S.ClH/c1-30-12-11-19(22(28)29)25-20(26)17-9-7-16(8-10-17)14-24-21(27)18(23)13-15-5-3-2-4-6-15;/h2-6,16-19H,7-14,23H2,1H3,(H,24,27)(H,25,26)(H,28,29);1H/p-1/t16?,17?,18-,19-;/m0./s1.